The summed E-state index contributed by atoms with van der Waals surface area (Å²) in [6.45, 7) is 2.79. The van der Waals surface area contributed by atoms with E-state index in [0.717, 1.165) is 34.2 Å². The first-order valence-corrected chi connectivity index (χ1v) is 6.67. The number of H-pyrrole nitrogens is 1. The molecule has 4 nitrogen and oxygen atoms in total. The molecule has 1 N–H and O–H groups in total. The van der Waals surface area contributed by atoms with Crippen molar-refractivity contribution in [3.8, 4) is 0 Å². The summed E-state index contributed by atoms with van der Waals surface area (Å²) in [5.74, 6) is 0.877. The molecule has 1 aromatic carbocycles. The molecule has 5 heteroatoms. The molecule has 2 aromatic heterocycles. The number of aromatic nitrogens is 3. The van der Waals surface area contributed by atoms with Crippen LogP contribution >= 0.6 is 11.3 Å². The molecule has 0 unspecified atom stereocenters. The molecule has 0 amide bonds. The third kappa shape index (κ3) is 2.09. The normalized spacial score (nSPS) is 11.0. The van der Waals surface area contributed by atoms with Gasteiger partial charge in [-0.2, -0.15) is 0 Å². The lowest BCUT2D eigenvalue weighted by Gasteiger charge is -2.13. The van der Waals surface area contributed by atoms with Gasteiger partial charge in [0.1, 0.15) is 0 Å². The first kappa shape index (κ1) is 11.2. The fraction of sp³-hybridized carbons (Fsp3) is 0.231. The van der Waals surface area contributed by atoms with E-state index in [-0.39, 0.29) is 0 Å². The zero-order valence-corrected chi connectivity index (χ0v) is 11.2. The fourth-order valence-electron chi connectivity index (χ4n) is 1.92. The van der Waals surface area contributed by atoms with E-state index < -0.39 is 0 Å². The quantitative estimate of drug-likeness (QED) is 0.785. The lowest BCUT2D eigenvalue weighted by molar-refractivity contribution is 0.859. The number of hydrogen-bond acceptors (Lipinski definition) is 4. The predicted octanol–water partition coefficient (Wildman–Crippen LogP) is 2.96. The van der Waals surface area contributed by atoms with Gasteiger partial charge in [0, 0.05) is 12.4 Å². The second kappa shape index (κ2) is 4.42. The summed E-state index contributed by atoms with van der Waals surface area (Å²) in [4.78, 5) is 14.4. The number of aromatic amines is 1. The summed E-state index contributed by atoms with van der Waals surface area (Å²) >= 11 is 1.68. The zero-order chi connectivity index (χ0) is 12.5. The van der Waals surface area contributed by atoms with Crippen molar-refractivity contribution in [1.82, 2.24) is 15.0 Å². The molecule has 2 heterocycles. The van der Waals surface area contributed by atoms with E-state index >= 15 is 0 Å². The summed E-state index contributed by atoms with van der Waals surface area (Å²) < 4.78 is 0. The Morgan fingerprint density at radius 3 is 2.83 bits per heavy atom. The van der Waals surface area contributed by atoms with Crippen LogP contribution in [0, 0.1) is 6.92 Å². The molecule has 0 bridgehead atoms. The molecule has 0 saturated carbocycles. The molecule has 18 heavy (non-hydrogen) atoms. The van der Waals surface area contributed by atoms with E-state index in [2.05, 4.69) is 25.2 Å². The third-order valence-electron chi connectivity index (χ3n) is 2.80. The lowest BCUT2D eigenvalue weighted by Crippen LogP contribution is -2.17. The zero-order valence-electron chi connectivity index (χ0n) is 10.3. The van der Waals surface area contributed by atoms with E-state index in [0.29, 0.717) is 0 Å². The van der Waals surface area contributed by atoms with E-state index in [1.54, 1.807) is 11.3 Å². The molecular weight excluding hydrogens is 244 g/mol. The van der Waals surface area contributed by atoms with Gasteiger partial charge in [0.05, 0.1) is 28.3 Å². The number of anilines is 1. The summed E-state index contributed by atoms with van der Waals surface area (Å²) in [5, 5.41) is 3.19. The van der Waals surface area contributed by atoms with Crippen molar-refractivity contribution in [2.45, 2.75) is 13.5 Å². The van der Waals surface area contributed by atoms with Gasteiger partial charge in [-0.15, -0.1) is 11.3 Å². The largest absolute Gasteiger partial charge is 0.340 e. The van der Waals surface area contributed by atoms with Crippen molar-refractivity contribution in [1.29, 1.82) is 0 Å². The smallest absolute Gasteiger partial charge is 0.203 e. The topological polar surface area (TPSA) is 44.8 Å². The van der Waals surface area contributed by atoms with Gasteiger partial charge in [0.25, 0.3) is 0 Å². The summed E-state index contributed by atoms with van der Waals surface area (Å²) in [6, 6.07) is 8.05. The number of rotatable bonds is 3. The van der Waals surface area contributed by atoms with Crippen LogP contribution in [0.15, 0.2) is 29.6 Å². The highest BCUT2D eigenvalue weighted by Crippen LogP contribution is 2.18. The Bertz CT molecular complexity index is 637. The molecule has 3 aromatic rings. The number of hydrogen-bond donors (Lipinski definition) is 1. The number of nitrogens with one attached hydrogen (secondary N) is 1. The Kier molecular flexibility index (Phi) is 2.76. The summed E-state index contributed by atoms with van der Waals surface area (Å²) in [5.41, 5.74) is 3.14. The van der Waals surface area contributed by atoms with Gasteiger partial charge in [0.15, 0.2) is 0 Å². The average molecular weight is 258 g/mol. The predicted molar refractivity (Wildman–Crippen MR) is 75.1 cm³/mol. The third-order valence-corrected chi connectivity index (χ3v) is 3.63. The van der Waals surface area contributed by atoms with E-state index in [1.807, 2.05) is 38.2 Å². The molecule has 0 spiro atoms. The number of benzene rings is 1. The number of nitrogens with zero attached hydrogens (tertiary/aromatic N) is 3. The van der Waals surface area contributed by atoms with Crippen LogP contribution in [0.5, 0.6) is 0 Å². The molecule has 0 aliphatic rings. The highest BCUT2D eigenvalue weighted by atomic mass is 32.1. The number of aryl methyl sites for hydroxylation is 1. The van der Waals surface area contributed by atoms with Crippen LogP contribution in [0.1, 0.15) is 10.7 Å². The van der Waals surface area contributed by atoms with Gasteiger partial charge >= 0.3 is 0 Å². The maximum absolute atomic E-state index is 4.56. The highest BCUT2D eigenvalue weighted by molar-refractivity contribution is 7.09. The van der Waals surface area contributed by atoms with Crippen molar-refractivity contribution in [2.75, 3.05) is 11.9 Å². The minimum Gasteiger partial charge on any atom is -0.340 e. The fourth-order valence-corrected chi connectivity index (χ4v) is 2.52. The molecule has 3 rings (SSSR count). The molecule has 0 radical (unpaired) electrons. The Balaban J connectivity index is 1.85. The molecule has 0 saturated heterocycles. The van der Waals surface area contributed by atoms with Gasteiger partial charge in [-0.05, 0) is 19.1 Å². The van der Waals surface area contributed by atoms with Gasteiger partial charge in [-0.3, -0.25) is 0 Å². The molecule has 0 fully saturated rings. The number of para-hydroxylation sites is 2. The second-order valence-corrected chi connectivity index (χ2v) is 5.35. The van der Waals surface area contributed by atoms with Crippen LogP contribution in [-0.2, 0) is 6.54 Å². The maximum atomic E-state index is 4.56. The molecule has 0 aliphatic heterocycles. The van der Waals surface area contributed by atoms with Crippen LogP contribution in [0.25, 0.3) is 11.0 Å². The van der Waals surface area contributed by atoms with Crippen molar-refractivity contribution in [3.05, 3.63) is 40.3 Å². The average Bonchev–Trinajstić information content (AvgIpc) is 2.95. The Morgan fingerprint density at radius 2 is 2.11 bits per heavy atom. The van der Waals surface area contributed by atoms with E-state index in [1.165, 1.54) is 0 Å². The Labute approximate surface area is 109 Å². The number of fused-ring (bicyclic) bond motifs is 1. The van der Waals surface area contributed by atoms with Crippen molar-refractivity contribution in [3.63, 3.8) is 0 Å². The molecular formula is C13H14N4S. The first-order chi connectivity index (χ1) is 8.72. The summed E-state index contributed by atoms with van der Waals surface area (Å²) in [7, 11) is 2.02. The van der Waals surface area contributed by atoms with Crippen LogP contribution in [0.2, 0.25) is 0 Å². The minimum atomic E-state index is 0.768. The van der Waals surface area contributed by atoms with Crippen LogP contribution in [0.4, 0.5) is 5.95 Å². The number of imidazole rings is 1. The highest BCUT2D eigenvalue weighted by Gasteiger charge is 2.09. The lowest BCUT2D eigenvalue weighted by atomic mass is 10.3. The van der Waals surface area contributed by atoms with Crippen molar-refractivity contribution in [2.24, 2.45) is 0 Å². The monoisotopic (exact) mass is 258 g/mol. The minimum absolute atomic E-state index is 0.768. The first-order valence-electron chi connectivity index (χ1n) is 5.79. The SMILES string of the molecule is Cc1nc(CN(C)c2nc3ccccc3[nH]2)cs1. The van der Waals surface area contributed by atoms with E-state index in [4.69, 9.17) is 0 Å². The van der Waals surface area contributed by atoms with Crippen molar-refractivity contribution < 1.29 is 0 Å². The van der Waals surface area contributed by atoms with Crippen LogP contribution in [-0.4, -0.2) is 22.0 Å². The van der Waals surface area contributed by atoms with Gasteiger partial charge < -0.3 is 9.88 Å². The second-order valence-electron chi connectivity index (χ2n) is 4.29. The maximum Gasteiger partial charge on any atom is 0.203 e. The van der Waals surface area contributed by atoms with E-state index in [9.17, 15) is 0 Å². The molecule has 0 aliphatic carbocycles. The Morgan fingerprint density at radius 1 is 1.28 bits per heavy atom. The Hall–Kier alpha value is -1.88. The van der Waals surface area contributed by atoms with Crippen LogP contribution < -0.4 is 4.90 Å². The standard InChI is InChI=1S/C13H14N4S/c1-9-14-10(8-18-9)7-17(2)13-15-11-5-3-4-6-12(11)16-13/h3-6,8H,7H2,1-2H3,(H,15,16). The molecule has 0 atom stereocenters. The molecule has 92 valence electrons. The van der Waals surface area contributed by atoms with Gasteiger partial charge in [0.2, 0.25) is 5.95 Å². The summed E-state index contributed by atoms with van der Waals surface area (Å²) in [6.07, 6.45) is 0. The van der Waals surface area contributed by atoms with Crippen LogP contribution in [0.3, 0.4) is 0 Å². The van der Waals surface area contributed by atoms with Gasteiger partial charge in [-0.1, -0.05) is 12.1 Å². The van der Waals surface area contributed by atoms with Gasteiger partial charge in [-0.25, -0.2) is 9.97 Å². The van der Waals surface area contributed by atoms with Crippen molar-refractivity contribution >= 4 is 28.3 Å². The number of thiazole rings is 1.